The molecule has 110 valence electrons. The van der Waals surface area contributed by atoms with Crippen molar-refractivity contribution in [1.82, 2.24) is 9.13 Å². The van der Waals surface area contributed by atoms with Crippen LogP contribution < -0.4 is 11.2 Å². The van der Waals surface area contributed by atoms with Crippen molar-refractivity contribution >= 4 is 28.9 Å². The van der Waals surface area contributed by atoms with Gasteiger partial charge in [0, 0.05) is 25.9 Å². The first kappa shape index (κ1) is 15.3. The van der Waals surface area contributed by atoms with Gasteiger partial charge in [0.05, 0.1) is 15.6 Å². The van der Waals surface area contributed by atoms with Crippen LogP contribution in [0.15, 0.2) is 39.1 Å². The van der Waals surface area contributed by atoms with Crippen LogP contribution in [-0.4, -0.2) is 20.1 Å². The van der Waals surface area contributed by atoms with Crippen LogP contribution >= 0.6 is 23.2 Å². The maximum Gasteiger partial charge on any atom is 0.330 e. The second-order valence-corrected chi connectivity index (χ2v) is 5.16. The molecule has 0 aliphatic carbocycles. The minimum atomic E-state index is -0.609. The number of rotatable bonds is 2. The lowest BCUT2D eigenvalue weighted by molar-refractivity contribution is 0.319. The van der Waals surface area contributed by atoms with Gasteiger partial charge >= 0.3 is 5.69 Å². The average Bonchev–Trinajstić information content (AvgIpc) is 2.45. The Bertz CT molecular complexity index is 832. The summed E-state index contributed by atoms with van der Waals surface area (Å²) < 4.78 is 2.11. The number of oxime groups is 1. The van der Waals surface area contributed by atoms with Crippen LogP contribution in [0.2, 0.25) is 10.0 Å². The Labute approximate surface area is 129 Å². The zero-order valence-electron chi connectivity index (χ0n) is 11.2. The highest BCUT2D eigenvalue weighted by atomic mass is 35.5. The summed E-state index contributed by atoms with van der Waals surface area (Å²) in [6, 6.07) is 4.74. The number of aryl methyl sites for hydroxylation is 1. The maximum atomic E-state index is 12.2. The molecule has 0 saturated heterocycles. The summed E-state index contributed by atoms with van der Waals surface area (Å²) in [6.07, 6.45) is 1.28. The van der Waals surface area contributed by atoms with Gasteiger partial charge < -0.3 is 9.77 Å². The Kier molecular flexibility index (Phi) is 4.20. The van der Waals surface area contributed by atoms with E-state index in [2.05, 4.69) is 5.16 Å². The average molecular weight is 328 g/mol. The van der Waals surface area contributed by atoms with Crippen LogP contribution in [-0.2, 0) is 14.1 Å². The molecule has 1 heterocycles. The van der Waals surface area contributed by atoms with Crippen LogP contribution in [0.1, 0.15) is 11.1 Å². The number of nitrogens with zero attached hydrogens (tertiary/aromatic N) is 3. The van der Waals surface area contributed by atoms with Crippen LogP contribution in [0.25, 0.3) is 0 Å². The smallest absolute Gasteiger partial charge is 0.330 e. The standard InChI is InChI=1S/C13H11Cl2N3O3/c1-17-6-7(12(19)18(2)13(17)20)11(16-21)10-8(14)4-3-5-9(10)15/h3-6,21H,1-2H3/b16-11-. The normalized spacial score (nSPS) is 11.7. The summed E-state index contributed by atoms with van der Waals surface area (Å²) >= 11 is 12.1. The molecular weight excluding hydrogens is 317 g/mol. The van der Waals surface area contributed by atoms with Crippen molar-refractivity contribution < 1.29 is 5.21 Å². The van der Waals surface area contributed by atoms with Crippen molar-refractivity contribution in [3.05, 3.63) is 66.4 Å². The molecule has 0 unspecified atom stereocenters. The first-order chi connectivity index (χ1) is 9.88. The molecule has 0 saturated carbocycles. The molecule has 0 spiro atoms. The van der Waals surface area contributed by atoms with Gasteiger partial charge in [0.25, 0.3) is 5.56 Å². The van der Waals surface area contributed by atoms with Crippen molar-refractivity contribution in [2.45, 2.75) is 0 Å². The van der Waals surface area contributed by atoms with Gasteiger partial charge in [-0.1, -0.05) is 34.4 Å². The maximum absolute atomic E-state index is 12.2. The van der Waals surface area contributed by atoms with Gasteiger partial charge in [0.1, 0.15) is 5.71 Å². The Morgan fingerprint density at radius 2 is 1.76 bits per heavy atom. The van der Waals surface area contributed by atoms with E-state index in [-0.39, 0.29) is 26.9 Å². The molecule has 0 aliphatic heterocycles. The summed E-state index contributed by atoms with van der Waals surface area (Å²) in [4.78, 5) is 23.9. The molecule has 21 heavy (non-hydrogen) atoms. The van der Waals surface area contributed by atoms with E-state index in [0.29, 0.717) is 0 Å². The Balaban J connectivity index is 2.82. The van der Waals surface area contributed by atoms with E-state index >= 15 is 0 Å². The van der Waals surface area contributed by atoms with Crippen molar-refractivity contribution in [1.29, 1.82) is 0 Å². The van der Waals surface area contributed by atoms with E-state index in [1.807, 2.05) is 0 Å². The third-order valence-corrected chi connectivity index (χ3v) is 3.63. The fourth-order valence-electron chi connectivity index (χ4n) is 1.93. The number of hydrogen-bond acceptors (Lipinski definition) is 4. The van der Waals surface area contributed by atoms with Gasteiger partial charge in [0.2, 0.25) is 0 Å². The van der Waals surface area contributed by atoms with Crippen LogP contribution in [0.4, 0.5) is 0 Å². The quantitative estimate of drug-likeness (QED) is 0.517. The molecule has 0 fully saturated rings. The lowest BCUT2D eigenvalue weighted by atomic mass is 10.0. The van der Waals surface area contributed by atoms with Crippen molar-refractivity contribution in [2.75, 3.05) is 0 Å². The van der Waals surface area contributed by atoms with Gasteiger partial charge in [0.15, 0.2) is 0 Å². The lowest BCUT2D eigenvalue weighted by Crippen LogP contribution is -2.39. The second-order valence-electron chi connectivity index (χ2n) is 4.35. The van der Waals surface area contributed by atoms with Gasteiger partial charge in [-0.2, -0.15) is 0 Å². The number of halogens is 2. The third kappa shape index (κ3) is 2.59. The minimum Gasteiger partial charge on any atom is -0.410 e. The molecule has 0 radical (unpaired) electrons. The third-order valence-electron chi connectivity index (χ3n) is 3.00. The number of hydrogen-bond donors (Lipinski definition) is 1. The Morgan fingerprint density at radius 1 is 1.19 bits per heavy atom. The molecule has 2 rings (SSSR count). The van der Waals surface area contributed by atoms with Crippen LogP contribution in [0.5, 0.6) is 0 Å². The van der Waals surface area contributed by atoms with Crippen molar-refractivity contribution in [2.24, 2.45) is 19.3 Å². The molecular formula is C13H11Cl2N3O3. The largest absolute Gasteiger partial charge is 0.410 e. The molecule has 0 bridgehead atoms. The Morgan fingerprint density at radius 3 is 2.29 bits per heavy atom. The fraction of sp³-hybridized carbons (Fsp3) is 0.154. The van der Waals surface area contributed by atoms with E-state index < -0.39 is 11.2 Å². The molecule has 8 heteroatoms. The SMILES string of the molecule is Cn1cc(/C(=N/O)c2c(Cl)cccc2Cl)c(=O)n(C)c1=O. The summed E-state index contributed by atoms with van der Waals surface area (Å²) in [5.41, 5.74) is -0.967. The molecule has 1 aromatic carbocycles. The van der Waals surface area contributed by atoms with E-state index in [0.717, 1.165) is 4.57 Å². The number of benzene rings is 1. The van der Waals surface area contributed by atoms with Crippen LogP contribution in [0, 0.1) is 0 Å². The summed E-state index contributed by atoms with van der Waals surface area (Å²) in [6.45, 7) is 0. The summed E-state index contributed by atoms with van der Waals surface area (Å²) in [7, 11) is 2.81. The molecule has 1 aromatic heterocycles. The molecule has 1 N–H and O–H groups in total. The molecule has 0 amide bonds. The second kappa shape index (κ2) is 5.75. The molecule has 6 nitrogen and oxygen atoms in total. The predicted molar refractivity (Wildman–Crippen MR) is 80.8 cm³/mol. The van der Waals surface area contributed by atoms with Crippen molar-refractivity contribution in [3.63, 3.8) is 0 Å². The summed E-state index contributed by atoms with van der Waals surface area (Å²) in [5.74, 6) is 0. The van der Waals surface area contributed by atoms with Crippen molar-refractivity contribution in [3.8, 4) is 0 Å². The van der Waals surface area contributed by atoms with Gasteiger partial charge in [-0.15, -0.1) is 0 Å². The lowest BCUT2D eigenvalue weighted by Gasteiger charge is -2.11. The molecule has 2 aromatic rings. The highest BCUT2D eigenvalue weighted by Gasteiger charge is 2.20. The zero-order valence-corrected chi connectivity index (χ0v) is 12.7. The van der Waals surface area contributed by atoms with Gasteiger partial charge in [-0.25, -0.2) is 4.79 Å². The number of aromatic nitrogens is 2. The summed E-state index contributed by atoms with van der Waals surface area (Å²) in [5, 5.41) is 12.9. The Hall–Kier alpha value is -2.05. The highest BCUT2D eigenvalue weighted by molar-refractivity contribution is 6.41. The zero-order chi connectivity index (χ0) is 15.7. The topological polar surface area (TPSA) is 76.6 Å². The highest BCUT2D eigenvalue weighted by Crippen LogP contribution is 2.26. The van der Waals surface area contributed by atoms with E-state index in [1.54, 1.807) is 18.2 Å². The fourth-order valence-corrected chi connectivity index (χ4v) is 2.51. The van der Waals surface area contributed by atoms with Crippen LogP contribution in [0.3, 0.4) is 0 Å². The van der Waals surface area contributed by atoms with E-state index in [9.17, 15) is 14.8 Å². The monoisotopic (exact) mass is 327 g/mol. The molecule has 0 aliphatic rings. The van der Waals surface area contributed by atoms with Gasteiger partial charge in [-0.3, -0.25) is 9.36 Å². The predicted octanol–water partition coefficient (Wildman–Crippen LogP) is 1.62. The van der Waals surface area contributed by atoms with E-state index in [4.69, 9.17) is 23.2 Å². The first-order valence-corrected chi connectivity index (χ1v) is 6.57. The first-order valence-electron chi connectivity index (χ1n) is 5.82. The molecule has 0 atom stereocenters. The van der Waals surface area contributed by atoms with E-state index in [1.165, 1.54) is 24.9 Å². The van der Waals surface area contributed by atoms with Gasteiger partial charge in [-0.05, 0) is 12.1 Å². The minimum absolute atomic E-state index is 0.0112.